The van der Waals surface area contributed by atoms with Gasteiger partial charge in [-0.25, -0.2) is 4.68 Å². The van der Waals surface area contributed by atoms with E-state index >= 15 is 0 Å². The van der Waals surface area contributed by atoms with Crippen molar-refractivity contribution in [1.29, 1.82) is 0 Å². The third kappa shape index (κ3) is 1.55. The van der Waals surface area contributed by atoms with Crippen molar-refractivity contribution in [2.75, 3.05) is 0 Å². The third-order valence-electron chi connectivity index (χ3n) is 1.86. The molecule has 66 valence electrons. The Hall–Kier alpha value is -1.12. The van der Waals surface area contributed by atoms with E-state index in [1.807, 2.05) is 19.9 Å². The molecule has 12 heavy (non-hydrogen) atoms. The number of hydrogen-bond donors (Lipinski definition) is 0. The Labute approximate surface area is 72.4 Å². The molecule has 0 saturated carbocycles. The monoisotopic (exact) mass is 166 g/mol. The van der Waals surface area contributed by atoms with Crippen molar-refractivity contribution in [3.63, 3.8) is 0 Å². The van der Waals surface area contributed by atoms with E-state index in [0.29, 0.717) is 0 Å². The van der Waals surface area contributed by atoms with Crippen molar-refractivity contribution in [2.24, 2.45) is 0 Å². The molecule has 0 aliphatic carbocycles. The largest absolute Gasteiger partial charge is 0.273 e. The first-order valence-corrected chi connectivity index (χ1v) is 4.27. The Morgan fingerprint density at radius 3 is 2.50 bits per heavy atom. The van der Waals surface area contributed by atoms with Gasteiger partial charge in [0.1, 0.15) is 0 Å². The summed E-state index contributed by atoms with van der Waals surface area (Å²) in [6, 6.07) is 1.99. The number of rotatable bonds is 2. The predicted molar refractivity (Wildman–Crippen MR) is 47.3 cm³/mol. The minimum atomic E-state index is -0.00782. The maximum Gasteiger partial charge on any atom is 0.243 e. The summed E-state index contributed by atoms with van der Waals surface area (Å²) < 4.78 is 1.48. The Balaban J connectivity index is 3.08. The van der Waals surface area contributed by atoms with Crippen molar-refractivity contribution >= 4 is 5.91 Å². The van der Waals surface area contributed by atoms with E-state index in [0.717, 1.165) is 24.2 Å². The van der Waals surface area contributed by atoms with Gasteiger partial charge in [-0.2, -0.15) is 5.10 Å². The van der Waals surface area contributed by atoms with E-state index in [4.69, 9.17) is 0 Å². The molecule has 0 atom stereocenters. The summed E-state index contributed by atoms with van der Waals surface area (Å²) >= 11 is 0. The van der Waals surface area contributed by atoms with E-state index in [2.05, 4.69) is 5.10 Å². The van der Waals surface area contributed by atoms with Gasteiger partial charge in [-0.1, -0.05) is 13.8 Å². The van der Waals surface area contributed by atoms with E-state index in [1.54, 1.807) is 0 Å². The number of carbonyl (C=O) groups excluding carboxylic acids is 1. The summed E-state index contributed by atoms with van der Waals surface area (Å²) in [5, 5.41) is 4.17. The summed E-state index contributed by atoms with van der Waals surface area (Å²) in [7, 11) is 0. The first kappa shape index (κ1) is 8.97. The second-order valence-electron chi connectivity index (χ2n) is 2.76. The highest BCUT2D eigenvalue weighted by Crippen LogP contribution is 2.05. The molecule has 0 aromatic carbocycles. The van der Waals surface area contributed by atoms with Gasteiger partial charge in [0, 0.05) is 12.6 Å². The van der Waals surface area contributed by atoms with Gasteiger partial charge in [-0.05, 0) is 18.9 Å². The van der Waals surface area contributed by atoms with Gasteiger partial charge in [0.05, 0.1) is 5.69 Å². The third-order valence-corrected chi connectivity index (χ3v) is 1.86. The smallest absolute Gasteiger partial charge is 0.243 e. The summed E-state index contributed by atoms with van der Waals surface area (Å²) in [5.41, 5.74) is 1.99. The lowest BCUT2D eigenvalue weighted by Gasteiger charge is -1.97. The molecule has 0 amide bonds. The van der Waals surface area contributed by atoms with Crippen LogP contribution in [0.5, 0.6) is 0 Å². The van der Waals surface area contributed by atoms with Crippen LogP contribution in [0.1, 0.15) is 37.0 Å². The summed E-state index contributed by atoms with van der Waals surface area (Å²) in [6.45, 7) is 5.59. The zero-order chi connectivity index (χ0) is 9.14. The molecule has 0 unspecified atom stereocenters. The van der Waals surface area contributed by atoms with Crippen LogP contribution in [0.2, 0.25) is 0 Å². The first-order valence-electron chi connectivity index (χ1n) is 4.27. The zero-order valence-corrected chi connectivity index (χ0v) is 7.79. The second-order valence-corrected chi connectivity index (χ2v) is 2.76. The molecule has 0 saturated heterocycles. The van der Waals surface area contributed by atoms with Gasteiger partial charge in [-0.3, -0.25) is 4.79 Å². The van der Waals surface area contributed by atoms with Crippen LogP contribution >= 0.6 is 0 Å². The van der Waals surface area contributed by atoms with Gasteiger partial charge in [-0.15, -0.1) is 0 Å². The Kier molecular flexibility index (Phi) is 2.63. The number of aryl methyl sites for hydroxylation is 2. The summed E-state index contributed by atoms with van der Waals surface area (Å²) in [5.74, 6) is -0.00782. The van der Waals surface area contributed by atoms with Gasteiger partial charge < -0.3 is 0 Å². The summed E-state index contributed by atoms with van der Waals surface area (Å²) in [4.78, 5) is 11.1. The summed E-state index contributed by atoms with van der Waals surface area (Å²) in [6.07, 6.45) is 1.74. The van der Waals surface area contributed by atoms with Crippen LogP contribution in [-0.4, -0.2) is 15.7 Å². The Morgan fingerprint density at radius 2 is 2.17 bits per heavy atom. The van der Waals surface area contributed by atoms with Crippen molar-refractivity contribution in [1.82, 2.24) is 9.78 Å². The first-order chi connectivity index (χ1) is 5.69. The highest BCUT2D eigenvalue weighted by molar-refractivity contribution is 5.75. The molecular weight excluding hydrogens is 152 g/mol. The molecule has 3 heteroatoms. The fraction of sp³-hybridized carbons (Fsp3) is 0.556. The number of nitrogens with zero attached hydrogens (tertiary/aromatic N) is 2. The predicted octanol–water partition coefficient (Wildman–Crippen LogP) is 1.67. The standard InChI is InChI=1S/C9H14N2O/c1-4-8-6-9(5-2)11(10-8)7(3)12/h6H,4-5H2,1-3H3. The van der Waals surface area contributed by atoms with Crippen LogP contribution < -0.4 is 0 Å². The molecule has 1 rings (SSSR count). The highest BCUT2D eigenvalue weighted by atomic mass is 16.2. The SMILES string of the molecule is CCc1cc(CC)n(C(C)=O)n1. The fourth-order valence-electron chi connectivity index (χ4n) is 1.17. The minimum absolute atomic E-state index is 0.00782. The van der Waals surface area contributed by atoms with Crippen LogP contribution in [0.15, 0.2) is 6.07 Å². The second kappa shape index (κ2) is 3.52. The van der Waals surface area contributed by atoms with Crippen LogP contribution in [-0.2, 0) is 12.8 Å². The molecule has 0 bridgehead atoms. The van der Waals surface area contributed by atoms with Gasteiger partial charge >= 0.3 is 0 Å². The average molecular weight is 166 g/mol. The lowest BCUT2D eigenvalue weighted by molar-refractivity contribution is 0.0917. The molecule has 0 N–H and O–H groups in total. The molecule has 0 aliphatic rings. The molecular formula is C9H14N2O. The average Bonchev–Trinajstić information content (AvgIpc) is 2.47. The van der Waals surface area contributed by atoms with Crippen molar-refractivity contribution in [2.45, 2.75) is 33.6 Å². The molecule has 0 radical (unpaired) electrons. The maximum absolute atomic E-state index is 11.1. The van der Waals surface area contributed by atoms with Gasteiger partial charge in [0.25, 0.3) is 0 Å². The lowest BCUT2D eigenvalue weighted by atomic mass is 10.3. The highest BCUT2D eigenvalue weighted by Gasteiger charge is 2.07. The topological polar surface area (TPSA) is 34.9 Å². The molecule has 0 aliphatic heterocycles. The van der Waals surface area contributed by atoms with Crippen LogP contribution in [0, 0.1) is 0 Å². The van der Waals surface area contributed by atoms with E-state index < -0.39 is 0 Å². The van der Waals surface area contributed by atoms with Gasteiger partial charge in [0.15, 0.2) is 0 Å². The van der Waals surface area contributed by atoms with E-state index in [1.165, 1.54) is 11.6 Å². The number of aromatic nitrogens is 2. The molecule has 1 heterocycles. The van der Waals surface area contributed by atoms with E-state index in [-0.39, 0.29) is 5.91 Å². The van der Waals surface area contributed by atoms with Crippen molar-refractivity contribution in [3.05, 3.63) is 17.5 Å². The quantitative estimate of drug-likeness (QED) is 0.669. The molecule has 1 aromatic rings. The minimum Gasteiger partial charge on any atom is -0.273 e. The molecule has 3 nitrogen and oxygen atoms in total. The maximum atomic E-state index is 11.1. The zero-order valence-electron chi connectivity index (χ0n) is 7.79. The van der Waals surface area contributed by atoms with Crippen LogP contribution in [0.3, 0.4) is 0 Å². The van der Waals surface area contributed by atoms with Crippen molar-refractivity contribution in [3.8, 4) is 0 Å². The molecule has 0 spiro atoms. The van der Waals surface area contributed by atoms with Crippen LogP contribution in [0.4, 0.5) is 0 Å². The van der Waals surface area contributed by atoms with Gasteiger partial charge in [0.2, 0.25) is 5.91 Å². The normalized spacial score (nSPS) is 10.2. The lowest BCUT2D eigenvalue weighted by Crippen LogP contribution is -2.10. The Bertz CT molecular complexity index is 289. The molecule has 0 fully saturated rings. The fourth-order valence-corrected chi connectivity index (χ4v) is 1.17. The van der Waals surface area contributed by atoms with Crippen LogP contribution in [0.25, 0.3) is 0 Å². The molecule has 1 aromatic heterocycles. The number of hydrogen-bond acceptors (Lipinski definition) is 2. The van der Waals surface area contributed by atoms with Crippen molar-refractivity contribution < 1.29 is 4.79 Å². The van der Waals surface area contributed by atoms with E-state index in [9.17, 15) is 4.79 Å². The Morgan fingerprint density at radius 1 is 1.50 bits per heavy atom. The number of carbonyl (C=O) groups is 1.